The van der Waals surface area contributed by atoms with Crippen LogP contribution in [0.15, 0.2) is 71.9 Å². The van der Waals surface area contributed by atoms with E-state index in [4.69, 9.17) is 4.74 Å². The van der Waals surface area contributed by atoms with Gasteiger partial charge in [0.05, 0.1) is 16.1 Å². The van der Waals surface area contributed by atoms with Gasteiger partial charge >= 0.3 is 5.97 Å². The highest BCUT2D eigenvalue weighted by Gasteiger charge is 2.27. The monoisotopic (exact) mass is 411 g/mol. The van der Waals surface area contributed by atoms with Crippen LogP contribution in [0.25, 0.3) is 5.69 Å². The molecule has 0 atom stereocenters. The van der Waals surface area contributed by atoms with E-state index >= 15 is 0 Å². The number of carbonyl (C=O) groups excluding carboxylic acids is 1. The molecule has 7 nitrogen and oxygen atoms in total. The molecule has 0 aliphatic carbocycles. The Morgan fingerprint density at radius 2 is 1.69 bits per heavy atom. The van der Waals surface area contributed by atoms with E-state index < -0.39 is 16.0 Å². The maximum atomic E-state index is 12.5. The predicted octanol–water partition coefficient (Wildman–Crippen LogP) is 3.01. The molecule has 1 aliphatic heterocycles. The number of ether oxygens (including phenoxy) is 1. The van der Waals surface area contributed by atoms with E-state index in [1.807, 2.05) is 36.5 Å². The van der Waals surface area contributed by atoms with Crippen molar-refractivity contribution >= 4 is 16.0 Å². The normalized spacial score (nSPS) is 14.8. The van der Waals surface area contributed by atoms with Gasteiger partial charge in [0.25, 0.3) is 0 Å². The van der Waals surface area contributed by atoms with Gasteiger partial charge in [-0.1, -0.05) is 12.1 Å². The summed E-state index contributed by atoms with van der Waals surface area (Å²) >= 11 is 0. The summed E-state index contributed by atoms with van der Waals surface area (Å²) in [7, 11) is -3.49. The molecule has 1 fully saturated rings. The van der Waals surface area contributed by atoms with Gasteiger partial charge in [-0.3, -0.25) is 0 Å². The highest BCUT2D eigenvalue weighted by Crippen LogP contribution is 2.21. The lowest BCUT2D eigenvalue weighted by Crippen LogP contribution is -2.27. The van der Waals surface area contributed by atoms with Crippen LogP contribution in [-0.2, 0) is 21.4 Å². The van der Waals surface area contributed by atoms with Crippen molar-refractivity contribution < 1.29 is 17.9 Å². The molecular formula is C21H21N3O4S. The van der Waals surface area contributed by atoms with E-state index in [0.717, 1.165) is 24.1 Å². The van der Waals surface area contributed by atoms with Crippen LogP contribution in [0.2, 0.25) is 0 Å². The molecule has 1 aliphatic rings. The second-order valence-corrected chi connectivity index (χ2v) is 8.77. The van der Waals surface area contributed by atoms with Crippen molar-refractivity contribution in [3.63, 3.8) is 0 Å². The molecule has 0 N–H and O–H groups in total. The number of esters is 1. The molecular weight excluding hydrogens is 390 g/mol. The molecule has 2 heterocycles. The zero-order valence-corrected chi connectivity index (χ0v) is 16.6. The number of sulfonamides is 1. The number of hydrogen-bond acceptors (Lipinski definition) is 5. The summed E-state index contributed by atoms with van der Waals surface area (Å²) < 4.78 is 33.7. The number of aromatic nitrogens is 2. The van der Waals surface area contributed by atoms with E-state index in [1.165, 1.54) is 28.6 Å². The maximum absolute atomic E-state index is 12.5. The quantitative estimate of drug-likeness (QED) is 0.583. The lowest BCUT2D eigenvalue weighted by atomic mass is 10.2. The Morgan fingerprint density at radius 3 is 2.31 bits per heavy atom. The Morgan fingerprint density at radius 1 is 1.00 bits per heavy atom. The van der Waals surface area contributed by atoms with Crippen molar-refractivity contribution in [1.29, 1.82) is 0 Å². The third-order valence-electron chi connectivity index (χ3n) is 4.87. The minimum Gasteiger partial charge on any atom is -0.457 e. The van der Waals surface area contributed by atoms with Gasteiger partial charge in [-0.05, 0) is 60.9 Å². The average Bonchev–Trinajstić information content (AvgIpc) is 3.47. The minimum absolute atomic E-state index is 0.131. The molecule has 0 spiro atoms. The van der Waals surface area contributed by atoms with Crippen molar-refractivity contribution in [2.45, 2.75) is 24.3 Å². The van der Waals surface area contributed by atoms with Crippen LogP contribution in [0, 0.1) is 0 Å². The fourth-order valence-electron chi connectivity index (χ4n) is 3.24. The molecule has 3 aromatic rings. The summed E-state index contributed by atoms with van der Waals surface area (Å²) in [4.78, 5) is 12.5. The number of nitrogens with zero attached hydrogens (tertiary/aromatic N) is 3. The molecule has 0 saturated carbocycles. The van der Waals surface area contributed by atoms with E-state index in [2.05, 4.69) is 5.10 Å². The Bertz CT molecular complexity index is 1070. The van der Waals surface area contributed by atoms with Gasteiger partial charge in [0, 0.05) is 25.5 Å². The molecule has 150 valence electrons. The highest BCUT2D eigenvalue weighted by atomic mass is 32.2. The van der Waals surface area contributed by atoms with Crippen LogP contribution in [0.1, 0.15) is 28.8 Å². The van der Waals surface area contributed by atoms with E-state index in [1.54, 1.807) is 10.9 Å². The van der Waals surface area contributed by atoms with Crippen molar-refractivity contribution in [3.8, 4) is 5.69 Å². The first-order valence-electron chi connectivity index (χ1n) is 9.40. The maximum Gasteiger partial charge on any atom is 0.338 e. The van der Waals surface area contributed by atoms with Crippen LogP contribution in [-0.4, -0.2) is 41.6 Å². The smallest absolute Gasteiger partial charge is 0.338 e. The fourth-order valence-corrected chi connectivity index (χ4v) is 4.76. The zero-order chi connectivity index (χ0) is 20.3. The summed E-state index contributed by atoms with van der Waals surface area (Å²) in [6, 6.07) is 15.3. The average molecular weight is 411 g/mol. The lowest BCUT2D eigenvalue weighted by molar-refractivity contribution is 0.0472. The van der Waals surface area contributed by atoms with Crippen LogP contribution in [0.3, 0.4) is 0 Å². The standard InChI is InChI=1S/C21H21N3O4S/c25-21(28-16-17-4-8-19(9-5-17)24-15-3-12-22-24)18-6-10-20(11-7-18)29(26,27)23-13-1-2-14-23/h3-12,15H,1-2,13-14,16H2. The van der Waals surface area contributed by atoms with Crippen molar-refractivity contribution in [3.05, 3.63) is 78.1 Å². The number of carbonyl (C=O) groups is 1. The summed E-state index contributed by atoms with van der Waals surface area (Å²) in [6.45, 7) is 1.22. The second kappa shape index (κ2) is 8.18. The summed E-state index contributed by atoms with van der Waals surface area (Å²) in [5.74, 6) is -0.494. The largest absolute Gasteiger partial charge is 0.457 e. The van der Waals surface area contributed by atoms with Crippen LogP contribution in [0.4, 0.5) is 0 Å². The molecule has 0 amide bonds. The Balaban J connectivity index is 1.37. The van der Waals surface area contributed by atoms with Crippen molar-refractivity contribution in [1.82, 2.24) is 14.1 Å². The Labute approximate surface area is 169 Å². The third-order valence-corrected chi connectivity index (χ3v) is 6.78. The first-order valence-corrected chi connectivity index (χ1v) is 10.8. The van der Waals surface area contributed by atoms with Crippen LogP contribution < -0.4 is 0 Å². The molecule has 0 unspecified atom stereocenters. The van der Waals surface area contributed by atoms with Crippen molar-refractivity contribution in [2.75, 3.05) is 13.1 Å². The molecule has 0 radical (unpaired) electrons. The zero-order valence-electron chi connectivity index (χ0n) is 15.8. The van der Waals surface area contributed by atoms with E-state index in [-0.39, 0.29) is 11.5 Å². The Hall–Kier alpha value is -2.97. The first kappa shape index (κ1) is 19.4. The fraction of sp³-hybridized carbons (Fsp3) is 0.238. The number of rotatable bonds is 6. The highest BCUT2D eigenvalue weighted by molar-refractivity contribution is 7.89. The number of benzene rings is 2. The molecule has 2 aromatic carbocycles. The second-order valence-electron chi connectivity index (χ2n) is 6.83. The summed E-state index contributed by atoms with van der Waals surface area (Å²) in [5, 5.41) is 4.16. The van der Waals surface area contributed by atoms with Gasteiger partial charge in [-0.15, -0.1) is 0 Å². The van der Waals surface area contributed by atoms with Gasteiger partial charge < -0.3 is 4.74 Å². The van der Waals surface area contributed by atoms with E-state index in [0.29, 0.717) is 18.7 Å². The predicted molar refractivity (Wildman–Crippen MR) is 107 cm³/mol. The molecule has 0 bridgehead atoms. The van der Waals surface area contributed by atoms with Gasteiger partial charge in [0.15, 0.2) is 0 Å². The summed E-state index contributed by atoms with van der Waals surface area (Å²) in [5.41, 5.74) is 2.08. The van der Waals surface area contributed by atoms with Gasteiger partial charge in [-0.2, -0.15) is 9.40 Å². The molecule has 4 rings (SSSR count). The Kier molecular flexibility index (Phi) is 5.46. The minimum atomic E-state index is -3.49. The van der Waals surface area contributed by atoms with Gasteiger partial charge in [0.1, 0.15) is 6.61 Å². The topological polar surface area (TPSA) is 81.5 Å². The molecule has 1 saturated heterocycles. The van der Waals surface area contributed by atoms with Gasteiger partial charge in [0.2, 0.25) is 10.0 Å². The first-order chi connectivity index (χ1) is 14.0. The molecule has 8 heteroatoms. The van der Waals surface area contributed by atoms with Crippen LogP contribution in [0.5, 0.6) is 0 Å². The van der Waals surface area contributed by atoms with Crippen LogP contribution >= 0.6 is 0 Å². The number of hydrogen-bond donors (Lipinski definition) is 0. The van der Waals surface area contributed by atoms with Gasteiger partial charge in [-0.25, -0.2) is 17.9 Å². The van der Waals surface area contributed by atoms with Crippen molar-refractivity contribution in [2.24, 2.45) is 0 Å². The SMILES string of the molecule is O=C(OCc1ccc(-n2cccn2)cc1)c1ccc(S(=O)(=O)N2CCCC2)cc1. The molecule has 1 aromatic heterocycles. The summed E-state index contributed by atoms with van der Waals surface area (Å²) in [6.07, 6.45) is 5.32. The third kappa shape index (κ3) is 4.23. The lowest BCUT2D eigenvalue weighted by Gasteiger charge is -2.15. The molecule has 29 heavy (non-hydrogen) atoms. The van der Waals surface area contributed by atoms with E-state index in [9.17, 15) is 13.2 Å².